The van der Waals surface area contributed by atoms with Crippen LogP contribution < -0.4 is 5.32 Å². The Labute approximate surface area is 123 Å². The van der Waals surface area contributed by atoms with E-state index in [0.29, 0.717) is 5.92 Å². The van der Waals surface area contributed by atoms with Gasteiger partial charge in [0, 0.05) is 6.61 Å². The molecule has 3 atom stereocenters. The highest BCUT2D eigenvalue weighted by atomic mass is 79.9. The molecule has 1 aliphatic heterocycles. The summed E-state index contributed by atoms with van der Waals surface area (Å²) in [6.07, 6.45) is 1.45. The van der Waals surface area contributed by atoms with Crippen LogP contribution in [0, 0.1) is 5.92 Å². The molecule has 96 valence electrons. The smallest absolute Gasteiger partial charge is 0.0796 e. The van der Waals surface area contributed by atoms with Crippen molar-refractivity contribution in [3.63, 3.8) is 0 Å². The molecule has 0 amide bonds. The van der Waals surface area contributed by atoms with Crippen LogP contribution in [0.2, 0.25) is 0 Å². The van der Waals surface area contributed by atoms with E-state index in [-0.39, 0.29) is 12.1 Å². The molecule has 1 fully saturated rings. The van der Waals surface area contributed by atoms with E-state index in [2.05, 4.69) is 57.1 Å². The standard InChI is InChI=1S/C12H17Br2NOS/c1-3-15-10(11-7(2)4-5-16-11)8-6-9(13)17-12(8)14/h6-7,10-11,15H,3-5H2,1-2H3. The van der Waals surface area contributed by atoms with Gasteiger partial charge in [0.05, 0.1) is 19.7 Å². The summed E-state index contributed by atoms with van der Waals surface area (Å²) < 4.78 is 8.26. The van der Waals surface area contributed by atoms with Gasteiger partial charge in [-0.15, -0.1) is 11.3 Å². The number of likely N-dealkylation sites (N-methyl/N-ethyl adjacent to an activating group) is 1. The second-order valence-electron chi connectivity index (χ2n) is 4.42. The Bertz CT molecular complexity index is 383. The number of nitrogens with one attached hydrogen (secondary N) is 1. The van der Waals surface area contributed by atoms with Gasteiger partial charge in [-0.3, -0.25) is 0 Å². The first kappa shape index (κ1) is 14.0. The molecule has 3 unspecified atom stereocenters. The quantitative estimate of drug-likeness (QED) is 0.835. The first-order valence-corrected chi connectivity index (χ1v) is 8.33. The van der Waals surface area contributed by atoms with E-state index in [1.807, 2.05) is 0 Å². The molecule has 0 radical (unpaired) electrons. The highest BCUT2D eigenvalue weighted by Crippen LogP contribution is 2.40. The average Bonchev–Trinajstić information content (AvgIpc) is 2.82. The lowest BCUT2D eigenvalue weighted by Gasteiger charge is -2.26. The van der Waals surface area contributed by atoms with E-state index in [9.17, 15) is 0 Å². The predicted molar refractivity (Wildman–Crippen MR) is 79.7 cm³/mol. The summed E-state index contributed by atoms with van der Waals surface area (Å²) >= 11 is 8.91. The third kappa shape index (κ3) is 3.13. The molecule has 0 aromatic carbocycles. The lowest BCUT2D eigenvalue weighted by atomic mass is 9.94. The van der Waals surface area contributed by atoms with Crippen LogP contribution in [0.3, 0.4) is 0 Å². The van der Waals surface area contributed by atoms with E-state index >= 15 is 0 Å². The van der Waals surface area contributed by atoms with Crippen molar-refractivity contribution in [1.82, 2.24) is 5.32 Å². The molecule has 1 aromatic heterocycles. The first-order valence-electron chi connectivity index (χ1n) is 5.93. The fourth-order valence-corrected chi connectivity index (χ4v) is 5.26. The summed E-state index contributed by atoms with van der Waals surface area (Å²) in [4.78, 5) is 0. The topological polar surface area (TPSA) is 21.3 Å². The zero-order valence-corrected chi connectivity index (χ0v) is 14.0. The average molecular weight is 383 g/mol. The molecule has 5 heteroatoms. The van der Waals surface area contributed by atoms with Gasteiger partial charge < -0.3 is 10.1 Å². The van der Waals surface area contributed by atoms with Gasteiger partial charge in [0.1, 0.15) is 0 Å². The van der Waals surface area contributed by atoms with Crippen LogP contribution in [0.1, 0.15) is 31.9 Å². The van der Waals surface area contributed by atoms with Gasteiger partial charge in [0.2, 0.25) is 0 Å². The van der Waals surface area contributed by atoms with Gasteiger partial charge >= 0.3 is 0 Å². The minimum absolute atomic E-state index is 0.285. The molecule has 0 bridgehead atoms. The summed E-state index contributed by atoms with van der Waals surface area (Å²) in [5, 5.41) is 3.56. The highest BCUT2D eigenvalue weighted by Gasteiger charge is 2.34. The summed E-state index contributed by atoms with van der Waals surface area (Å²) in [5.74, 6) is 0.615. The van der Waals surface area contributed by atoms with Crippen molar-refractivity contribution in [2.45, 2.75) is 32.4 Å². The maximum atomic E-state index is 5.90. The molecular weight excluding hydrogens is 366 g/mol. The SMILES string of the molecule is CCNC(c1cc(Br)sc1Br)C1OCCC1C. The zero-order chi connectivity index (χ0) is 12.4. The number of hydrogen-bond acceptors (Lipinski definition) is 3. The second-order valence-corrected chi connectivity index (χ2v) is 8.17. The minimum atomic E-state index is 0.285. The largest absolute Gasteiger partial charge is 0.376 e. The summed E-state index contributed by atoms with van der Waals surface area (Å²) in [6, 6.07) is 2.48. The molecule has 0 spiro atoms. The van der Waals surface area contributed by atoms with Gasteiger partial charge in [0.25, 0.3) is 0 Å². The Balaban J connectivity index is 2.25. The van der Waals surface area contributed by atoms with Crippen molar-refractivity contribution >= 4 is 43.2 Å². The van der Waals surface area contributed by atoms with Gasteiger partial charge in [-0.1, -0.05) is 13.8 Å². The van der Waals surface area contributed by atoms with E-state index in [0.717, 1.165) is 23.4 Å². The van der Waals surface area contributed by atoms with Gasteiger partial charge in [0.15, 0.2) is 0 Å². The normalized spacial score (nSPS) is 26.4. The number of hydrogen-bond donors (Lipinski definition) is 1. The Morgan fingerprint density at radius 2 is 2.35 bits per heavy atom. The van der Waals surface area contributed by atoms with E-state index in [1.54, 1.807) is 11.3 Å². The molecule has 0 aliphatic carbocycles. The molecule has 1 aliphatic rings. The van der Waals surface area contributed by atoms with E-state index in [1.165, 1.54) is 9.35 Å². The van der Waals surface area contributed by atoms with Crippen LogP contribution in [0.15, 0.2) is 13.6 Å². The maximum absolute atomic E-state index is 5.90. The molecular formula is C12H17Br2NOS. The fraction of sp³-hybridized carbons (Fsp3) is 0.667. The van der Waals surface area contributed by atoms with Crippen molar-refractivity contribution in [1.29, 1.82) is 0 Å². The highest BCUT2D eigenvalue weighted by molar-refractivity contribution is 9.12. The third-order valence-corrected chi connectivity index (χ3v) is 5.60. The molecule has 17 heavy (non-hydrogen) atoms. The maximum Gasteiger partial charge on any atom is 0.0796 e. The van der Waals surface area contributed by atoms with E-state index < -0.39 is 0 Å². The molecule has 1 aromatic rings. The molecule has 2 heterocycles. The summed E-state index contributed by atoms with van der Waals surface area (Å²) in [5.41, 5.74) is 1.31. The zero-order valence-electron chi connectivity index (χ0n) is 10.0. The fourth-order valence-electron chi connectivity index (χ4n) is 2.33. The molecule has 1 saturated heterocycles. The Kier molecular flexibility index (Phi) is 5.06. The Hall–Kier alpha value is 0.580. The monoisotopic (exact) mass is 381 g/mol. The lowest BCUT2D eigenvalue weighted by Crippen LogP contribution is -2.34. The van der Waals surface area contributed by atoms with Crippen molar-refractivity contribution in [2.24, 2.45) is 5.92 Å². The second kappa shape index (κ2) is 6.15. The van der Waals surface area contributed by atoms with Crippen LogP contribution in [0.5, 0.6) is 0 Å². The molecule has 2 rings (SSSR count). The van der Waals surface area contributed by atoms with Gasteiger partial charge in [-0.25, -0.2) is 0 Å². The lowest BCUT2D eigenvalue weighted by molar-refractivity contribution is 0.0611. The van der Waals surface area contributed by atoms with Crippen molar-refractivity contribution in [2.75, 3.05) is 13.2 Å². The predicted octanol–water partition coefficient (Wildman–Crippen LogP) is 4.35. The Morgan fingerprint density at radius 1 is 1.59 bits per heavy atom. The van der Waals surface area contributed by atoms with Crippen LogP contribution in [-0.4, -0.2) is 19.3 Å². The van der Waals surface area contributed by atoms with Crippen molar-refractivity contribution in [3.05, 3.63) is 19.2 Å². The number of rotatable bonds is 4. The molecule has 1 N–H and O–H groups in total. The number of halogens is 2. The van der Waals surface area contributed by atoms with E-state index in [4.69, 9.17) is 4.74 Å². The van der Waals surface area contributed by atoms with Crippen molar-refractivity contribution < 1.29 is 4.74 Å². The summed E-state index contributed by atoms with van der Waals surface area (Å²) in [6.45, 7) is 6.26. The number of thiophene rings is 1. The van der Waals surface area contributed by atoms with Crippen LogP contribution in [-0.2, 0) is 4.74 Å². The van der Waals surface area contributed by atoms with Gasteiger partial charge in [-0.05, 0) is 62.4 Å². The van der Waals surface area contributed by atoms with Crippen molar-refractivity contribution in [3.8, 4) is 0 Å². The first-order chi connectivity index (χ1) is 8.13. The summed E-state index contributed by atoms with van der Waals surface area (Å²) in [7, 11) is 0. The van der Waals surface area contributed by atoms with Gasteiger partial charge in [-0.2, -0.15) is 0 Å². The molecule has 0 saturated carbocycles. The van der Waals surface area contributed by atoms with Crippen LogP contribution >= 0.6 is 43.2 Å². The Morgan fingerprint density at radius 3 is 2.82 bits per heavy atom. The molecule has 2 nitrogen and oxygen atoms in total. The van der Waals surface area contributed by atoms with Crippen LogP contribution in [0.4, 0.5) is 0 Å². The number of ether oxygens (including phenoxy) is 1. The minimum Gasteiger partial charge on any atom is -0.376 e. The third-order valence-electron chi connectivity index (χ3n) is 3.22. The van der Waals surface area contributed by atoms with Crippen LogP contribution in [0.25, 0.3) is 0 Å².